The number of pyridine rings is 1. The van der Waals surface area contributed by atoms with Crippen LogP contribution in [0, 0.1) is 0 Å². The third-order valence-electron chi connectivity index (χ3n) is 4.46. The Labute approximate surface area is 155 Å². The van der Waals surface area contributed by atoms with E-state index in [1.54, 1.807) is 13.8 Å². The number of aromatic nitrogens is 1. The first-order valence-corrected chi connectivity index (χ1v) is 9.14. The molecule has 2 heterocycles. The standard InChI is InChI=1S/C22H26FN3/c1-5-16(2)26-13-7-12-24-20-11-10-19(25-21(20)26)18-9-6-8-17(14-18)15-22(3,4)23/h6,8-12,14H,2,5,7,13,15H2,1,3-4H3. The summed E-state index contributed by atoms with van der Waals surface area (Å²) >= 11 is 0. The maximum Gasteiger partial charge on any atom is 0.159 e. The Morgan fingerprint density at radius 1 is 1.27 bits per heavy atom. The van der Waals surface area contributed by atoms with Crippen molar-refractivity contribution in [3.63, 3.8) is 0 Å². The van der Waals surface area contributed by atoms with E-state index < -0.39 is 5.67 Å². The predicted octanol–water partition coefficient (Wildman–Crippen LogP) is 5.88. The summed E-state index contributed by atoms with van der Waals surface area (Å²) in [4.78, 5) is 11.6. The highest BCUT2D eigenvalue weighted by atomic mass is 19.1. The monoisotopic (exact) mass is 351 g/mol. The molecule has 0 spiro atoms. The molecule has 0 saturated carbocycles. The van der Waals surface area contributed by atoms with E-state index in [1.807, 2.05) is 42.6 Å². The van der Waals surface area contributed by atoms with E-state index in [4.69, 9.17) is 4.98 Å². The van der Waals surface area contributed by atoms with E-state index in [9.17, 15) is 4.39 Å². The lowest BCUT2D eigenvalue weighted by Crippen LogP contribution is -2.23. The Hall–Kier alpha value is -2.49. The molecule has 0 fully saturated rings. The van der Waals surface area contributed by atoms with E-state index in [2.05, 4.69) is 23.4 Å². The quantitative estimate of drug-likeness (QED) is 0.673. The number of anilines is 1. The Bertz CT molecular complexity index is 834. The molecule has 0 atom stereocenters. The molecule has 0 saturated heterocycles. The molecule has 1 aromatic carbocycles. The van der Waals surface area contributed by atoms with Gasteiger partial charge in [-0.15, -0.1) is 0 Å². The molecule has 0 bridgehead atoms. The first kappa shape index (κ1) is 18.3. The van der Waals surface area contributed by atoms with Crippen LogP contribution in [0.2, 0.25) is 0 Å². The van der Waals surface area contributed by atoms with Crippen molar-refractivity contribution >= 4 is 17.7 Å². The van der Waals surface area contributed by atoms with Crippen molar-refractivity contribution in [3.8, 4) is 11.3 Å². The smallest absolute Gasteiger partial charge is 0.159 e. The van der Waals surface area contributed by atoms with Crippen molar-refractivity contribution in [2.45, 2.75) is 45.7 Å². The molecule has 26 heavy (non-hydrogen) atoms. The van der Waals surface area contributed by atoms with Crippen LogP contribution in [0.4, 0.5) is 15.9 Å². The fourth-order valence-electron chi connectivity index (χ4n) is 3.18. The molecule has 2 aromatic rings. The van der Waals surface area contributed by atoms with E-state index in [1.165, 1.54) is 0 Å². The summed E-state index contributed by atoms with van der Waals surface area (Å²) in [6.07, 6.45) is 4.06. The second-order valence-corrected chi connectivity index (χ2v) is 7.31. The second kappa shape index (κ2) is 7.40. The highest BCUT2D eigenvalue weighted by Gasteiger charge is 2.19. The minimum absolute atomic E-state index is 0.384. The van der Waals surface area contributed by atoms with E-state index in [0.29, 0.717) is 6.42 Å². The molecular formula is C22H26FN3. The van der Waals surface area contributed by atoms with Crippen LogP contribution in [0.5, 0.6) is 0 Å². The largest absolute Gasteiger partial charge is 0.329 e. The number of hydrogen-bond acceptors (Lipinski definition) is 3. The van der Waals surface area contributed by atoms with Crippen LogP contribution in [0.15, 0.2) is 53.7 Å². The Morgan fingerprint density at radius 3 is 2.81 bits per heavy atom. The van der Waals surface area contributed by atoms with Crippen molar-refractivity contribution < 1.29 is 4.39 Å². The van der Waals surface area contributed by atoms with Crippen molar-refractivity contribution in [2.24, 2.45) is 4.99 Å². The van der Waals surface area contributed by atoms with Gasteiger partial charge in [-0.2, -0.15) is 0 Å². The molecule has 0 aliphatic carbocycles. The lowest BCUT2D eigenvalue weighted by atomic mass is 9.98. The lowest BCUT2D eigenvalue weighted by Gasteiger charge is -2.25. The first-order chi connectivity index (χ1) is 12.4. The predicted molar refractivity (Wildman–Crippen MR) is 108 cm³/mol. The van der Waals surface area contributed by atoms with Crippen LogP contribution >= 0.6 is 0 Å². The minimum Gasteiger partial charge on any atom is -0.329 e. The SMILES string of the molecule is C=C(CC)N1CCC=Nc2ccc(-c3cccc(CC(C)(C)F)c3)nc21. The highest BCUT2D eigenvalue weighted by Crippen LogP contribution is 2.34. The Kier molecular flexibility index (Phi) is 5.21. The molecule has 3 rings (SSSR count). The van der Waals surface area contributed by atoms with Gasteiger partial charge in [-0.1, -0.05) is 31.7 Å². The van der Waals surface area contributed by atoms with Gasteiger partial charge in [0.1, 0.15) is 11.4 Å². The highest BCUT2D eigenvalue weighted by molar-refractivity contribution is 5.77. The summed E-state index contributed by atoms with van der Waals surface area (Å²) in [5, 5.41) is 0. The van der Waals surface area contributed by atoms with Gasteiger partial charge in [-0.05, 0) is 44.0 Å². The fourth-order valence-corrected chi connectivity index (χ4v) is 3.18. The van der Waals surface area contributed by atoms with Gasteiger partial charge in [0, 0.05) is 36.9 Å². The number of fused-ring (bicyclic) bond motifs is 1. The number of alkyl halides is 1. The van der Waals surface area contributed by atoms with Crippen LogP contribution in [-0.2, 0) is 6.42 Å². The molecular weight excluding hydrogens is 325 g/mol. The molecule has 4 heteroatoms. The van der Waals surface area contributed by atoms with Gasteiger partial charge in [0.15, 0.2) is 5.82 Å². The van der Waals surface area contributed by atoms with Crippen LogP contribution < -0.4 is 4.90 Å². The summed E-state index contributed by atoms with van der Waals surface area (Å²) in [5.74, 6) is 0.847. The van der Waals surface area contributed by atoms with Crippen molar-refractivity contribution in [2.75, 3.05) is 11.4 Å². The molecule has 0 radical (unpaired) electrons. The van der Waals surface area contributed by atoms with E-state index in [-0.39, 0.29) is 0 Å². The van der Waals surface area contributed by atoms with Crippen LogP contribution in [0.1, 0.15) is 39.2 Å². The molecule has 0 amide bonds. The molecule has 0 unspecified atom stereocenters. The number of benzene rings is 1. The van der Waals surface area contributed by atoms with Gasteiger partial charge in [0.2, 0.25) is 0 Å². The van der Waals surface area contributed by atoms with Gasteiger partial charge in [-0.25, -0.2) is 9.37 Å². The van der Waals surface area contributed by atoms with Crippen molar-refractivity contribution in [3.05, 3.63) is 54.2 Å². The fraction of sp³-hybridized carbons (Fsp3) is 0.364. The molecule has 136 valence electrons. The molecule has 1 aliphatic heterocycles. The normalized spacial score (nSPS) is 14.1. The van der Waals surface area contributed by atoms with Gasteiger partial charge < -0.3 is 4.90 Å². The third kappa shape index (κ3) is 4.18. The van der Waals surface area contributed by atoms with E-state index >= 15 is 0 Å². The van der Waals surface area contributed by atoms with Crippen molar-refractivity contribution in [1.29, 1.82) is 0 Å². The Morgan fingerprint density at radius 2 is 2.08 bits per heavy atom. The van der Waals surface area contributed by atoms with E-state index in [0.717, 1.165) is 53.4 Å². The van der Waals surface area contributed by atoms with Gasteiger partial charge in [0.05, 0.1) is 5.69 Å². The van der Waals surface area contributed by atoms with Crippen LogP contribution in [0.25, 0.3) is 11.3 Å². The zero-order valence-corrected chi connectivity index (χ0v) is 15.8. The maximum atomic E-state index is 14.0. The maximum absolute atomic E-state index is 14.0. The van der Waals surface area contributed by atoms with Crippen LogP contribution in [-0.4, -0.2) is 23.4 Å². The molecule has 1 aromatic heterocycles. The summed E-state index contributed by atoms with van der Waals surface area (Å²) in [7, 11) is 0. The number of allylic oxidation sites excluding steroid dienone is 1. The molecule has 3 nitrogen and oxygen atoms in total. The number of hydrogen-bond donors (Lipinski definition) is 0. The second-order valence-electron chi connectivity index (χ2n) is 7.31. The number of halogens is 1. The lowest BCUT2D eigenvalue weighted by molar-refractivity contribution is 0.217. The van der Waals surface area contributed by atoms with Crippen molar-refractivity contribution in [1.82, 2.24) is 4.98 Å². The molecule has 1 aliphatic rings. The van der Waals surface area contributed by atoms with Gasteiger partial charge in [0.25, 0.3) is 0 Å². The zero-order valence-electron chi connectivity index (χ0n) is 15.8. The Balaban J connectivity index is 2.00. The molecule has 0 N–H and O–H groups in total. The average molecular weight is 351 g/mol. The number of aliphatic imine (C=N–C) groups is 1. The van der Waals surface area contributed by atoms with Gasteiger partial charge in [-0.3, -0.25) is 4.99 Å². The third-order valence-corrected chi connectivity index (χ3v) is 4.46. The minimum atomic E-state index is -1.23. The summed E-state index contributed by atoms with van der Waals surface area (Å²) in [6, 6.07) is 11.9. The van der Waals surface area contributed by atoms with Gasteiger partial charge >= 0.3 is 0 Å². The number of rotatable bonds is 5. The average Bonchev–Trinajstić information content (AvgIpc) is 2.81. The summed E-state index contributed by atoms with van der Waals surface area (Å²) in [5.41, 5.74) is 3.50. The summed E-state index contributed by atoms with van der Waals surface area (Å²) < 4.78 is 14.0. The number of nitrogens with zero attached hydrogens (tertiary/aromatic N) is 3. The van der Waals surface area contributed by atoms with Crippen LogP contribution in [0.3, 0.4) is 0 Å². The topological polar surface area (TPSA) is 28.5 Å². The first-order valence-electron chi connectivity index (χ1n) is 9.14. The zero-order chi connectivity index (χ0) is 18.7. The summed E-state index contributed by atoms with van der Waals surface area (Å²) in [6.45, 7) is 10.3.